The molecular formula is C13H18O4. The number of carbonyl (C=O) groups excluding carboxylic acids is 1. The maximum Gasteiger partial charge on any atom is 0.340 e. The molecule has 1 aromatic rings. The summed E-state index contributed by atoms with van der Waals surface area (Å²) in [6.45, 7) is 2.89. The van der Waals surface area contributed by atoms with Crippen LogP contribution in [0.4, 0.5) is 0 Å². The van der Waals surface area contributed by atoms with Crippen LogP contribution in [-0.2, 0) is 14.2 Å². The summed E-state index contributed by atoms with van der Waals surface area (Å²) < 4.78 is 15.4. The van der Waals surface area contributed by atoms with Crippen LogP contribution in [-0.4, -0.2) is 32.6 Å². The topological polar surface area (TPSA) is 44.8 Å². The summed E-state index contributed by atoms with van der Waals surface area (Å²) in [5, 5.41) is 0. The zero-order valence-corrected chi connectivity index (χ0v) is 10.2. The highest BCUT2D eigenvalue weighted by Crippen LogP contribution is 2.05. The Bertz CT molecular complexity index is 323. The molecular weight excluding hydrogens is 220 g/mol. The van der Waals surface area contributed by atoms with E-state index in [1.807, 2.05) is 13.0 Å². The number of carbonyl (C=O) groups is 1. The quantitative estimate of drug-likeness (QED) is 0.415. The fourth-order valence-corrected chi connectivity index (χ4v) is 1.24. The van der Waals surface area contributed by atoms with Gasteiger partial charge in [0.2, 0.25) is 6.29 Å². The first-order valence-corrected chi connectivity index (χ1v) is 5.64. The van der Waals surface area contributed by atoms with E-state index < -0.39 is 12.3 Å². The molecule has 0 aliphatic carbocycles. The number of rotatable bonds is 7. The summed E-state index contributed by atoms with van der Waals surface area (Å²) in [5.41, 5.74) is 0.505. The fourth-order valence-electron chi connectivity index (χ4n) is 1.24. The molecule has 0 N–H and O–H groups in total. The Kier molecular flexibility index (Phi) is 6.29. The third-order valence-corrected chi connectivity index (χ3v) is 2.11. The molecule has 4 heteroatoms. The maximum atomic E-state index is 11.7. The van der Waals surface area contributed by atoms with Crippen LogP contribution < -0.4 is 0 Å². The van der Waals surface area contributed by atoms with Gasteiger partial charge in [0.15, 0.2) is 0 Å². The minimum absolute atomic E-state index is 0.253. The largest absolute Gasteiger partial charge is 0.430 e. The molecule has 0 saturated heterocycles. The van der Waals surface area contributed by atoms with Crippen molar-refractivity contribution in [2.24, 2.45) is 0 Å². The van der Waals surface area contributed by atoms with Gasteiger partial charge in [0.1, 0.15) is 6.61 Å². The smallest absolute Gasteiger partial charge is 0.340 e. The van der Waals surface area contributed by atoms with Gasteiger partial charge < -0.3 is 14.2 Å². The summed E-state index contributed by atoms with van der Waals surface area (Å²) in [4.78, 5) is 11.7. The van der Waals surface area contributed by atoms with Gasteiger partial charge >= 0.3 is 5.97 Å². The zero-order valence-electron chi connectivity index (χ0n) is 10.2. The van der Waals surface area contributed by atoms with Crippen LogP contribution >= 0.6 is 0 Å². The number of hydrogen-bond acceptors (Lipinski definition) is 4. The minimum atomic E-state index is -0.658. The van der Waals surface area contributed by atoms with Crippen molar-refractivity contribution in [1.82, 2.24) is 0 Å². The standard InChI is InChI=1S/C13H18O4/c1-3-9-16-10-12(15-2)17-13(14)11-7-5-4-6-8-11/h4-8,12H,3,9-10H2,1-2H3. The van der Waals surface area contributed by atoms with Gasteiger partial charge in [-0.1, -0.05) is 25.1 Å². The summed E-state index contributed by atoms with van der Waals surface area (Å²) in [6.07, 6.45) is 0.262. The van der Waals surface area contributed by atoms with Gasteiger partial charge in [-0.25, -0.2) is 4.79 Å². The zero-order chi connectivity index (χ0) is 12.5. The molecule has 0 amide bonds. The lowest BCUT2D eigenvalue weighted by Crippen LogP contribution is -2.25. The average Bonchev–Trinajstić information content (AvgIpc) is 2.38. The number of methoxy groups -OCH3 is 1. The first kappa shape index (κ1) is 13.7. The molecule has 1 rings (SSSR count). The molecule has 94 valence electrons. The van der Waals surface area contributed by atoms with E-state index in [1.165, 1.54) is 7.11 Å². The molecule has 0 saturated carbocycles. The van der Waals surface area contributed by atoms with Crippen LogP contribution in [0.3, 0.4) is 0 Å². The summed E-state index contributed by atoms with van der Waals surface area (Å²) in [5.74, 6) is -0.405. The normalized spacial score (nSPS) is 12.1. The molecule has 1 unspecified atom stereocenters. The van der Waals surface area contributed by atoms with Gasteiger partial charge in [-0.2, -0.15) is 0 Å². The van der Waals surface area contributed by atoms with Crippen LogP contribution in [0.15, 0.2) is 30.3 Å². The lowest BCUT2D eigenvalue weighted by Gasteiger charge is -2.16. The molecule has 0 aliphatic rings. The van der Waals surface area contributed by atoms with Gasteiger partial charge in [0.25, 0.3) is 0 Å². The monoisotopic (exact) mass is 238 g/mol. The lowest BCUT2D eigenvalue weighted by molar-refractivity contribution is -0.126. The molecule has 0 spiro atoms. The van der Waals surface area contributed by atoms with E-state index >= 15 is 0 Å². The Morgan fingerprint density at radius 1 is 1.29 bits per heavy atom. The van der Waals surface area contributed by atoms with Crippen molar-refractivity contribution >= 4 is 5.97 Å². The van der Waals surface area contributed by atoms with Crippen LogP contribution in [0.1, 0.15) is 23.7 Å². The van der Waals surface area contributed by atoms with Crippen molar-refractivity contribution in [2.45, 2.75) is 19.6 Å². The van der Waals surface area contributed by atoms with E-state index in [-0.39, 0.29) is 6.61 Å². The van der Waals surface area contributed by atoms with Gasteiger partial charge in [-0.3, -0.25) is 0 Å². The first-order chi connectivity index (χ1) is 8.27. The molecule has 0 bridgehead atoms. The highest BCUT2D eigenvalue weighted by atomic mass is 16.7. The Labute approximate surface area is 101 Å². The van der Waals surface area contributed by atoms with Gasteiger partial charge in [0.05, 0.1) is 5.56 Å². The van der Waals surface area contributed by atoms with Crippen molar-refractivity contribution in [3.8, 4) is 0 Å². The SMILES string of the molecule is CCCOCC(OC)OC(=O)c1ccccc1. The van der Waals surface area contributed by atoms with Crippen molar-refractivity contribution in [2.75, 3.05) is 20.3 Å². The first-order valence-electron chi connectivity index (χ1n) is 5.64. The summed E-state index contributed by atoms with van der Waals surface area (Å²) >= 11 is 0. The van der Waals surface area contributed by atoms with E-state index in [2.05, 4.69) is 0 Å². The van der Waals surface area contributed by atoms with Crippen molar-refractivity contribution in [3.05, 3.63) is 35.9 Å². The third-order valence-electron chi connectivity index (χ3n) is 2.11. The molecule has 0 aromatic heterocycles. The van der Waals surface area contributed by atoms with Crippen LogP contribution in [0, 0.1) is 0 Å². The molecule has 0 fully saturated rings. The number of ether oxygens (including phenoxy) is 3. The Balaban J connectivity index is 2.42. The average molecular weight is 238 g/mol. The van der Waals surface area contributed by atoms with E-state index in [0.29, 0.717) is 12.2 Å². The van der Waals surface area contributed by atoms with E-state index in [9.17, 15) is 4.79 Å². The van der Waals surface area contributed by atoms with Crippen molar-refractivity contribution < 1.29 is 19.0 Å². The Morgan fingerprint density at radius 2 is 2.00 bits per heavy atom. The predicted molar refractivity (Wildman–Crippen MR) is 63.8 cm³/mol. The van der Waals surface area contributed by atoms with Gasteiger partial charge in [-0.05, 0) is 18.6 Å². The Hall–Kier alpha value is -1.39. The van der Waals surface area contributed by atoms with Gasteiger partial charge in [0, 0.05) is 13.7 Å². The second-order valence-corrected chi connectivity index (χ2v) is 3.51. The van der Waals surface area contributed by atoms with Gasteiger partial charge in [-0.15, -0.1) is 0 Å². The van der Waals surface area contributed by atoms with Crippen LogP contribution in [0.5, 0.6) is 0 Å². The molecule has 4 nitrogen and oxygen atoms in total. The van der Waals surface area contributed by atoms with E-state index in [0.717, 1.165) is 6.42 Å². The van der Waals surface area contributed by atoms with E-state index in [1.54, 1.807) is 24.3 Å². The maximum absolute atomic E-state index is 11.7. The lowest BCUT2D eigenvalue weighted by atomic mass is 10.2. The van der Waals surface area contributed by atoms with E-state index in [4.69, 9.17) is 14.2 Å². The second kappa shape index (κ2) is 7.81. The molecule has 0 aliphatic heterocycles. The molecule has 0 heterocycles. The minimum Gasteiger partial charge on any atom is -0.430 e. The van der Waals surface area contributed by atoms with Crippen LogP contribution in [0.25, 0.3) is 0 Å². The highest BCUT2D eigenvalue weighted by Gasteiger charge is 2.14. The molecule has 1 atom stereocenters. The van der Waals surface area contributed by atoms with Crippen LogP contribution in [0.2, 0.25) is 0 Å². The number of hydrogen-bond donors (Lipinski definition) is 0. The Morgan fingerprint density at radius 3 is 2.59 bits per heavy atom. The number of esters is 1. The molecule has 1 aromatic carbocycles. The molecule has 0 radical (unpaired) electrons. The highest BCUT2D eigenvalue weighted by molar-refractivity contribution is 5.89. The number of benzene rings is 1. The summed E-state index contributed by atoms with van der Waals surface area (Å²) in [7, 11) is 1.48. The van der Waals surface area contributed by atoms with Crippen molar-refractivity contribution in [1.29, 1.82) is 0 Å². The fraction of sp³-hybridized carbons (Fsp3) is 0.462. The third kappa shape index (κ3) is 4.97. The summed E-state index contributed by atoms with van der Waals surface area (Å²) in [6, 6.07) is 8.80. The molecule has 17 heavy (non-hydrogen) atoms. The second-order valence-electron chi connectivity index (χ2n) is 3.51. The predicted octanol–water partition coefficient (Wildman–Crippen LogP) is 2.24. The van der Waals surface area contributed by atoms with Crippen molar-refractivity contribution in [3.63, 3.8) is 0 Å².